The molecule has 1 aliphatic rings. The van der Waals surface area contributed by atoms with Crippen LogP contribution in [0.15, 0.2) is 0 Å². The first-order chi connectivity index (χ1) is 8.93. The highest BCUT2D eigenvalue weighted by atomic mass is 32.2. The fraction of sp³-hybridized carbons (Fsp3) is 0.538. The molecule has 0 spiro atoms. The van der Waals surface area contributed by atoms with Gasteiger partial charge in [0.1, 0.15) is 5.69 Å². The summed E-state index contributed by atoms with van der Waals surface area (Å²) < 4.78 is 0. The summed E-state index contributed by atoms with van der Waals surface area (Å²) in [5.41, 5.74) is 1.75. The van der Waals surface area contributed by atoms with E-state index in [1.54, 1.807) is 25.8 Å². The number of carboxylic acids is 1. The van der Waals surface area contributed by atoms with Gasteiger partial charge in [0.05, 0.1) is 5.56 Å². The second-order valence-corrected chi connectivity index (χ2v) is 6.01. The van der Waals surface area contributed by atoms with E-state index in [1.807, 2.05) is 11.8 Å². The van der Waals surface area contributed by atoms with Crippen LogP contribution in [0.25, 0.3) is 0 Å². The predicted octanol–water partition coefficient (Wildman–Crippen LogP) is 1.91. The molecule has 6 heteroatoms. The van der Waals surface area contributed by atoms with Crippen LogP contribution in [-0.4, -0.2) is 51.5 Å². The average Bonchev–Trinajstić information content (AvgIpc) is 2.96. The van der Waals surface area contributed by atoms with E-state index in [2.05, 4.69) is 4.98 Å². The zero-order valence-electron chi connectivity index (χ0n) is 11.3. The molecule has 0 bridgehead atoms. The number of thioether (sulfide) groups is 1. The summed E-state index contributed by atoms with van der Waals surface area (Å²) in [5, 5.41) is 9.08. The van der Waals surface area contributed by atoms with Gasteiger partial charge in [-0.25, -0.2) is 4.79 Å². The van der Waals surface area contributed by atoms with Crippen molar-refractivity contribution in [3.05, 3.63) is 22.5 Å². The summed E-state index contributed by atoms with van der Waals surface area (Å²) in [5.74, 6) is 0.912. The molecule has 104 valence electrons. The number of carboxylic acid groups (broad SMARTS) is 1. The number of aromatic carboxylic acids is 1. The number of amides is 1. The van der Waals surface area contributed by atoms with Crippen LogP contribution in [-0.2, 0) is 0 Å². The topological polar surface area (TPSA) is 73.4 Å². The van der Waals surface area contributed by atoms with Crippen LogP contribution in [0.1, 0.15) is 38.5 Å². The minimum atomic E-state index is -1.03. The number of nitrogens with one attached hydrogen (secondary N) is 1. The monoisotopic (exact) mass is 282 g/mol. The van der Waals surface area contributed by atoms with Crippen LogP contribution in [0.3, 0.4) is 0 Å². The van der Waals surface area contributed by atoms with Gasteiger partial charge in [-0.3, -0.25) is 4.79 Å². The number of aromatic nitrogens is 1. The Morgan fingerprint density at radius 2 is 2.11 bits per heavy atom. The number of hydrogen-bond acceptors (Lipinski definition) is 3. The molecule has 0 aromatic carbocycles. The second kappa shape index (κ2) is 5.28. The van der Waals surface area contributed by atoms with Crippen LogP contribution in [0.2, 0.25) is 0 Å². The van der Waals surface area contributed by atoms with Gasteiger partial charge in [0, 0.05) is 24.5 Å². The van der Waals surface area contributed by atoms with Gasteiger partial charge in [0.25, 0.3) is 5.91 Å². The van der Waals surface area contributed by atoms with E-state index in [9.17, 15) is 9.59 Å². The third kappa shape index (κ3) is 2.49. The quantitative estimate of drug-likeness (QED) is 0.888. The maximum atomic E-state index is 12.5. The van der Waals surface area contributed by atoms with Crippen molar-refractivity contribution in [2.75, 3.05) is 18.6 Å². The van der Waals surface area contributed by atoms with Crippen molar-refractivity contribution in [1.29, 1.82) is 0 Å². The second-order valence-electron chi connectivity index (χ2n) is 4.86. The molecule has 0 radical (unpaired) electrons. The molecule has 1 saturated heterocycles. The number of nitrogens with zero attached hydrogens (tertiary/aromatic N) is 1. The van der Waals surface area contributed by atoms with Crippen molar-refractivity contribution in [2.45, 2.75) is 26.3 Å². The summed E-state index contributed by atoms with van der Waals surface area (Å²) >= 11 is 1.85. The lowest BCUT2D eigenvalue weighted by Gasteiger charge is -2.24. The fourth-order valence-electron chi connectivity index (χ4n) is 2.45. The number of carbonyl (C=O) groups is 2. The molecule has 2 N–H and O–H groups in total. The largest absolute Gasteiger partial charge is 0.477 e. The maximum Gasteiger partial charge on any atom is 0.352 e. The van der Waals surface area contributed by atoms with E-state index in [-0.39, 0.29) is 17.6 Å². The fourth-order valence-corrected chi connectivity index (χ4v) is 3.72. The Hall–Kier alpha value is -1.43. The Morgan fingerprint density at radius 1 is 1.42 bits per heavy atom. The minimum Gasteiger partial charge on any atom is -0.477 e. The van der Waals surface area contributed by atoms with Gasteiger partial charge < -0.3 is 15.0 Å². The lowest BCUT2D eigenvalue weighted by molar-refractivity contribution is 0.0690. The van der Waals surface area contributed by atoms with Crippen molar-refractivity contribution < 1.29 is 14.7 Å². The third-order valence-corrected chi connectivity index (χ3v) is 4.78. The number of aryl methyl sites for hydroxylation is 1. The van der Waals surface area contributed by atoms with E-state index in [0.29, 0.717) is 16.8 Å². The average molecular weight is 282 g/mol. The molecule has 1 unspecified atom stereocenters. The Balaban J connectivity index is 2.30. The number of rotatable bonds is 3. The Labute approximate surface area is 116 Å². The summed E-state index contributed by atoms with van der Waals surface area (Å²) in [4.78, 5) is 28.1. The van der Waals surface area contributed by atoms with E-state index in [1.165, 1.54) is 0 Å². The van der Waals surface area contributed by atoms with Crippen LogP contribution in [0, 0.1) is 13.8 Å². The highest BCUT2D eigenvalue weighted by Crippen LogP contribution is 2.25. The van der Waals surface area contributed by atoms with E-state index in [4.69, 9.17) is 5.11 Å². The molecule has 1 amide bonds. The molecule has 2 heterocycles. The first-order valence-corrected chi connectivity index (χ1v) is 7.36. The molecule has 0 aliphatic carbocycles. The van der Waals surface area contributed by atoms with Gasteiger partial charge in [0.2, 0.25) is 0 Å². The normalized spacial score (nSPS) is 18.6. The van der Waals surface area contributed by atoms with Crippen LogP contribution >= 0.6 is 11.8 Å². The lowest BCUT2D eigenvalue weighted by atomic mass is 10.1. The van der Waals surface area contributed by atoms with Gasteiger partial charge in [0.15, 0.2) is 0 Å². The molecule has 0 saturated carbocycles. The summed E-state index contributed by atoms with van der Waals surface area (Å²) in [6, 6.07) is 0.250. The molecular weight excluding hydrogens is 264 g/mol. The summed E-state index contributed by atoms with van der Waals surface area (Å²) in [6.07, 6.45) is 1.00. The molecular formula is C13H18N2O3S. The zero-order valence-corrected chi connectivity index (χ0v) is 12.1. The smallest absolute Gasteiger partial charge is 0.352 e. The minimum absolute atomic E-state index is 0.0914. The van der Waals surface area contributed by atoms with E-state index >= 15 is 0 Å². The lowest BCUT2D eigenvalue weighted by Crippen LogP contribution is -2.37. The van der Waals surface area contributed by atoms with E-state index in [0.717, 1.165) is 17.9 Å². The van der Waals surface area contributed by atoms with Gasteiger partial charge in [-0.05, 0) is 31.6 Å². The number of hydrogen-bond donors (Lipinski definition) is 2. The number of aromatic amines is 1. The summed E-state index contributed by atoms with van der Waals surface area (Å²) in [6.45, 7) is 3.42. The van der Waals surface area contributed by atoms with Crippen molar-refractivity contribution in [1.82, 2.24) is 9.88 Å². The maximum absolute atomic E-state index is 12.5. The SMILES string of the molecule is Cc1[nH]c(C(=O)O)c(C)c1C(=O)N(C)C1CCSC1. The molecule has 1 aliphatic heterocycles. The first-order valence-electron chi connectivity index (χ1n) is 6.20. The van der Waals surface area contributed by atoms with E-state index < -0.39 is 5.97 Å². The molecule has 19 heavy (non-hydrogen) atoms. The Bertz CT molecular complexity index is 518. The zero-order chi connectivity index (χ0) is 14.2. The third-order valence-electron chi connectivity index (χ3n) is 3.64. The Kier molecular flexibility index (Phi) is 3.89. The molecule has 1 fully saturated rings. The van der Waals surface area contributed by atoms with Crippen LogP contribution < -0.4 is 0 Å². The van der Waals surface area contributed by atoms with Crippen LogP contribution in [0.5, 0.6) is 0 Å². The van der Waals surface area contributed by atoms with Crippen molar-refractivity contribution >= 4 is 23.6 Å². The van der Waals surface area contributed by atoms with Crippen molar-refractivity contribution in [3.8, 4) is 0 Å². The molecule has 1 aromatic rings. The molecule has 2 rings (SSSR count). The molecule has 5 nitrogen and oxygen atoms in total. The predicted molar refractivity (Wildman–Crippen MR) is 75.0 cm³/mol. The number of carbonyl (C=O) groups excluding carboxylic acids is 1. The van der Waals surface area contributed by atoms with Crippen LogP contribution in [0.4, 0.5) is 0 Å². The molecule has 1 atom stereocenters. The standard InChI is InChI=1S/C13H18N2O3S/c1-7-10(8(2)14-11(7)13(17)18)12(16)15(3)9-4-5-19-6-9/h9,14H,4-6H2,1-3H3,(H,17,18). The summed E-state index contributed by atoms with van der Waals surface area (Å²) in [7, 11) is 1.80. The Morgan fingerprint density at radius 3 is 2.58 bits per heavy atom. The van der Waals surface area contributed by atoms with Gasteiger partial charge >= 0.3 is 5.97 Å². The van der Waals surface area contributed by atoms with Crippen molar-refractivity contribution in [2.24, 2.45) is 0 Å². The van der Waals surface area contributed by atoms with Crippen molar-refractivity contribution in [3.63, 3.8) is 0 Å². The molecule has 1 aromatic heterocycles. The highest BCUT2D eigenvalue weighted by Gasteiger charge is 2.29. The van der Waals surface area contributed by atoms with Gasteiger partial charge in [-0.2, -0.15) is 11.8 Å². The van der Waals surface area contributed by atoms with Gasteiger partial charge in [-0.15, -0.1) is 0 Å². The highest BCUT2D eigenvalue weighted by molar-refractivity contribution is 7.99. The van der Waals surface area contributed by atoms with Gasteiger partial charge in [-0.1, -0.05) is 0 Å². The number of H-pyrrole nitrogens is 1. The first kappa shape index (κ1) is 14.0.